The van der Waals surface area contributed by atoms with E-state index in [0.717, 1.165) is 27.5 Å². The smallest absolute Gasteiger partial charge is 0.168 e. The third-order valence-electron chi connectivity index (χ3n) is 7.39. The Labute approximate surface area is 229 Å². The first-order valence-electron chi connectivity index (χ1n) is 13.3. The second kappa shape index (κ2) is 12.0. The Kier molecular flexibility index (Phi) is 8.07. The number of aliphatic imine (C=N–C) groups is 1. The Morgan fingerprint density at radius 2 is 1.62 bits per heavy atom. The van der Waals surface area contributed by atoms with Crippen molar-refractivity contribution < 1.29 is 19.4 Å². The van der Waals surface area contributed by atoms with E-state index in [0.29, 0.717) is 48.6 Å². The molecule has 4 aromatic carbocycles. The van der Waals surface area contributed by atoms with E-state index in [2.05, 4.69) is 30.3 Å². The predicted octanol–water partition coefficient (Wildman–Crippen LogP) is 7.04. The second-order valence-electron chi connectivity index (χ2n) is 9.84. The number of allylic oxidation sites excluding steroid dienone is 2. The first-order chi connectivity index (χ1) is 19.1. The highest BCUT2D eigenvalue weighted by atomic mass is 16.5. The molecule has 1 aliphatic carbocycles. The van der Waals surface area contributed by atoms with E-state index in [-0.39, 0.29) is 23.9 Å². The van der Waals surface area contributed by atoms with Crippen molar-refractivity contribution in [1.29, 1.82) is 0 Å². The summed E-state index contributed by atoms with van der Waals surface area (Å²) in [6.45, 7) is 0.491. The van der Waals surface area contributed by atoms with Crippen molar-refractivity contribution in [2.24, 2.45) is 4.99 Å². The zero-order valence-electron chi connectivity index (χ0n) is 22.4. The number of methoxy groups -OCH3 is 2. The summed E-state index contributed by atoms with van der Waals surface area (Å²) in [7, 11) is 3.24. The maximum Gasteiger partial charge on any atom is 0.168 e. The number of aliphatic hydroxyl groups is 1. The summed E-state index contributed by atoms with van der Waals surface area (Å²) in [5.74, 6) is 1.42. The molecule has 1 saturated carbocycles. The van der Waals surface area contributed by atoms with Gasteiger partial charge in [-0.2, -0.15) is 0 Å². The minimum atomic E-state index is -0.0577. The molecule has 0 radical (unpaired) electrons. The van der Waals surface area contributed by atoms with Gasteiger partial charge in [0.05, 0.1) is 19.8 Å². The van der Waals surface area contributed by atoms with E-state index >= 15 is 0 Å². The summed E-state index contributed by atoms with van der Waals surface area (Å²) in [6.07, 6.45) is 1.92. The van der Waals surface area contributed by atoms with Gasteiger partial charge in [0.2, 0.25) is 0 Å². The number of rotatable bonds is 8. The summed E-state index contributed by atoms with van der Waals surface area (Å²) in [6, 6.07) is 30.1. The molecule has 0 saturated heterocycles. The first-order valence-corrected chi connectivity index (χ1v) is 13.3. The third kappa shape index (κ3) is 5.88. The van der Waals surface area contributed by atoms with E-state index in [1.165, 1.54) is 0 Å². The fourth-order valence-corrected chi connectivity index (χ4v) is 5.40. The molecule has 0 amide bonds. The standard InChI is InChI=1S/C34H33NO4/c1-38-32-16-15-23(19-33(32)39-2)17-18-35-29-20-27(24-9-4-3-5-10-24)22-31(37)34(29)30(36)21-26-13-8-12-25-11-6-7-14-28(25)26/h3-16,19,27,36H,17-18,20-22H2,1-2H3. The van der Waals surface area contributed by atoms with Crippen LogP contribution in [0.15, 0.2) is 107 Å². The van der Waals surface area contributed by atoms with Crippen LogP contribution < -0.4 is 9.47 Å². The average molecular weight is 520 g/mol. The van der Waals surface area contributed by atoms with Crippen LogP contribution >= 0.6 is 0 Å². The lowest BCUT2D eigenvalue weighted by Gasteiger charge is -2.26. The highest BCUT2D eigenvalue weighted by Gasteiger charge is 2.32. The molecule has 0 bridgehead atoms. The van der Waals surface area contributed by atoms with Crippen molar-refractivity contribution in [2.75, 3.05) is 20.8 Å². The van der Waals surface area contributed by atoms with Gasteiger partial charge in [-0.15, -0.1) is 0 Å². The number of Topliss-reactive ketones (excluding diaryl/α,β-unsaturated/α-hetero) is 1. The summed E-state index contributed by atoms with van der Waals surface area (Å²) in [5.41, 5.74) is 4.22. The number of ketones is 1. The Balaban J connectivity index is 1.46. The second-order valence-corrected chi connectivity index (χ2v) is 9.84. The van der Waals surface area contributed by atoms with Gasteiger partial charge in [0.15, 0.2) is 17.3 Å². The normalized spacial score (nSPS) is 17.8. The van der Waals surface area contributed by atoms with Gasteiger partial charge in [0.25, 0.3) is 0 Å². The monoisotopic (exact) mass is 519 g/mol. The summed E-state index contributed by atoms with van der Waals surface area (Å²) < 4.78 is 10.8. The number of hydrogen-bond donors (Lipinski definition) is 1. The largest absolute Gasteiger partial charge is 0.511 e. The van der Waals surface area contributed by atoms with Crippen LogP contribution in [0.3, 0.4) is 0 Å². The Bertz CT molecular complexity index is 1530. The van der Waals surface area contributed by atoms with Crippen LogP contribution in [0.2, 0.25) is 0 Å². The van der Waals surface area contributed by atoms with Crippen molar-refractivity contribution in [3.8, 4) is 11.5 Å². The van der Waals surface area contributed by atoms with Gasteiger partial charge in [0.1, 0.15) is 5.76 Å². The zero-order chi connectivity index (χ0) is 27.2. The lowest BCUT2D eigenvalue weighted by atomic mass is 9.78. The van der Waals surface area contributed by atoms with Crippen LogP contribution in [-0.2, 0) is 17.6 Å². The molecule has 39 heavy (non-hydrogen) atoms. The minimum absolute atomic E-state index is 0.0348. The molecule has 4 aromatic rings. The van der Waals surface area contributed by atoms with Gasteiger partial charge < -0.3 is 14.6 Å². The van der Waals surface area contributed by atoms with E-state index in [1.54, 1.807) is 14.2 Å². The summed E-state index contributed by atoms with van der Waals surface area (Å²) in [4.78, 5) is 18.5. The van der Waals surface area contributed by atoms with Crippen LogP contribution in [0.4, 0.5) is 0 Å². The van der Waals surface area contributed by atoms with Crippen LogP contribution in [0.25, 0.3) is 10.8 Å². The van der Waals surface area contributed by atoms with E-state index < -0.39 is 0 Å². The average Bonchev–Trinajstić information content (AvgIpc) is 2.97. The molecule has 1 fully saturated rings. The van der Waals surface area contributed by atoms with Crippen LogP contribution in [0.5, 0.6) is 11.5 Å². The quantitative estimate of drug-likeness (QED) is 0.200. The molecule has 0 heterocycles. The van der Waals surface area contributed by atoms with Crippen molar-refractivity contribution in [1.82, 2.24) is 0 Å². The van der Waals surface area contributed by atoms with Crippen molar-refractivity contribution in [2.45, 2.75) is 31.6 Å². The molecular formula is C34H33NO4. The van der Waals surface area contributed by atoms with Gasteiger partial charge >= 0.3 is 0 Å². The van der Waals surface area contributed by atoms with Crippen molar-refractivity contribution in [3.63, 3.8) is 0 Å². The SMILES string of the molecule is COc1ccc(CCN=C2CC(c3ccccc3)CC(=O)C2=C(O)Cc2cccc3ccccc23)cc1OC. The van der Waals surface area contributed by atoms with Crippen molar-refractivity contribution in [3.05, 3.63) is 119 Å². The zero-order valence-corrected chi connectivity index (χ0v) is 22.4. The maximum atomic E-state index is 13.5. The minimum Gasteiger partial charge on any atom is -0.511 e. The van der Waals surface area contributed by atoms with Crippen LogP contribution in [0.1, 0.15) is 35.4 Å². The molecular weight excluding hydrogens is 486 g/mol. The fourth-order valence-electron chi connectivity index (χ4n) is 5.40. The number of carbonyl (C=O) groups is 1. The number of aliphatic hydroxyl groups excluding tert-OH is 1. The van der Waals surface area contributed by atoms with E-state index in [4.69, 9.17) is 14.5 Å². The summed E-state index contributed by atoms with van der Waals surface area (Å²) >= 11 is 0. The van der Waals surface area contributed by atoms with Gasteiger partial charge in [-0.05, 0) is 58.4 Å². The Morgan fingerprint density at radius 3 is 2.41 bits per heavy atom. The first kappa shape index (κ1) is 26.2. The van der Waals surface area contributed by atoms with Gasteiger partial charge in [-0.1, -0.05) is 78.9 Å². The maximum absolute atomic E-state index is 13.5. The number of ether oxygens (including phenoxy) is 2. The highest BCUT2D eigenvalue weighted by molar-refractivity contribution is 6.24. The molecule has 0 aromatic heterocycles. The number of carbonyl (C=O) groups excluding carboxylic acids is 1. The van der Waals surface area contributed by atoms with Gasteiger partial charge in [-0.3, -0.25) is 9.79 Å². The van der Waals surface area contributed by atoms with Gasteiger partial charge in [-0.25, -0.2) is 0 Å². The lowest BCUT2D eigenvalue weighted by molar-refractivity contribution is -0.115. The predicted molar refractivity (Wildman–Crippen MR) is 156 cm³/mol. The molecule has 5 heteroatoms. The molecule has 5 rings (SSSR count). The Hall–Kier alpha value is -4.38. The molecule has 5 nitrogen and oxygen atoms in total. The number of benzene rings is 4. The molecule has 1 N–H and O–H groups in total. The molecule has 1 aliphatic rings. The number of fused-ring (bicyclic) bond motifs is 1. The topological polar surface area (TPSA) is 68.1 Å². The molecule has 1 unspecified atom stereocenters. The Morgan fingerprint density at radius 1 is 0.872 bits per heavy atom. The van der Waals surface area contributed by atoms with Crippen molar-refractivity contribution >= 4 is 22.3 Å². The molecule has 1 atom stereocenters. The highest BCUT2D eigenvalue weighted by Crippen LogP contribution is 2.34. The van der Waals surface area contributed by atoms with Crippen LogP contribution in [-0.4, -0.2) is 37.4 Å². The van der Waals surface area contributed by atoms with Crippen LogP contribution in [0, 0.1) is 0 Å². The fraction of sp³-hybridized carbons (Fsp3) is 0.235. The number of hydrogen-bond acceptors (Lipinski definition) is 5. The molecule has 198 valence electrons. The lowest BCUT2D eigenvalue weighted by Crippen LogP contribution is -2.27. The van der Waals surface area contributed by atoms with Gasteiger partial charge in [0, 0.05) is 25.1 Å². The van der Waals surface area contributed by atoms with E-state index in [1.807, 2.05) is 60.7 Å². The summed E-state index contributed by atoms with van der Waals surface area (Å²) in [5, 5.41) is 13.6. The molecule has 0 aliphatic heterocycles. The molecule has 0 spiro atoms. The number of nitrogens with zero attached hydrogens (tertiary/aromatic N) is 1. The third-order valence-corrected chi connectivity index (χ3v) is 7.39. The van der Waals surface area contributed by atoms with E-state index in [9.17, 15) is 9.90 Å².